The van der Waals surface area contributed by atoms with Crippen molar-refractivity contribution >= 4 is 5.91 Å². The minimum Gasteiger partial charge on any atom is -0.482 e. The highest BCUT2D eigenvalue weighted by molar-refractivity contribution is 5.76. The molecule has 1 amide bonds. The van der Waals surface area contributed by atoms with Crippen molar-refractivity contribution in [2.75, 3.05) is 26.2 Å². The minimum absolute atomic E-state index is 0.00807. The maximum absolute atomic E-state index is 12.6. The predicted molar refractivity (Wildman–Crippen MR) is 112 cm³/mol. The molecule has 1 aromatic carbocycles. The van der Waals surface area contributed by atoms with Gasteiger partial charge in [0.25, 0.3) is 0 Å². The van der Waals surface area contributed by atoms with Gasteiger partial charge in [-0.15, -0.1) is 6.58 Å². The van der Waals surface area contributed by atoms with Gasteiger partial charge >= 0.3 is 6.18 Å². The highest BCUT2D eigenvalue weighted by Crippen LogP contribution is 2.29. The van der Waals surface area contributed by atoms with E-state index >= 15 is 0 Å². The van der Waals surface area contributed by atoms with Gasteiger partial charge in [-0.05, 0) is 24.1 Å². The Labute approximate surface area is 183 Å². The van der Waals surface area contributed by atoms with Crippen molar-refractivity contribution in [2.45, 2.75) is 32.2 Å². The highest BCUT2D eigenvalue weighted by Gasteiger charge is 2.30. The van der Waals surface area contributed by atoms with E-state index in [-0.39, 0.29) is 23.7 Å². The molecule has 3 rings (SSSR count). The van der Waals surface area contributed by atoms with Crippen molar-refractivity contribution in [3.05, 3.63) is 76.4 Å². The summed E-state index contributed by atoms with van der Waals surface area (Å²) in [6.45, 7) is 6.60. The number of ether oxygens (including phenoxy) is 1. The van der Waals surface area contributed by atoms with Crippen LogP contribution in [0.3, 0.4) is 0 Å². The van der Waals surface area contributed by atoms with Crippen LogP contribution in [-0.4, -0.2) is 41.9 Å². The van der Waals surface area contributed by atoms with E-state index in [2.05, 4.69) is 11.5 Å². The zero-order chi connectivity index (χ0) is 23.1. The van der Waals surface area contributed by atoms with Crippen LogP contribution < -0.4 is 10.2 Å². The van der Waals surface area contributed by atoms with Gasteiger partial charge in [-0.3, -0.25) is 14.5 Å². The molecule has 6 nitrogen and oxygen atoms in total. The summed E-state index contributed by atoms with van der Waals surface area (Å²) in [5.74, 6) is 0.584. The van der Waals surface area contributed by atoms with Crippen LogP contribution in [0.5, 0.6) is 5.75 Å². The first-order valence-electron chi connectivity index (χ1n) is 10.3. The number of rotatable bonds is 8. The highest BCUT2D eigenvalue weighted by atomic mass is 19.4. The van der Waals surface area contributed by atoms with Crippen LogP contribution >= 0.6 is 0 Å². The van der Waals surface area contributed by atoms with E-state index in [9.17, 15) is 22.8 Å². The zero-order valence-electron chi connectivity index (χ0n) is 17.6. The molecule has 0 saturated carbocycles. The number of carbonyl (C=O) groups is 1. The molecule has 1 aliphatic heterocycles. The maximum atomic E-state index is 12.6. The van der Waals surface area contributed by atoms with Gasteiger partial charge in [-0.1, -0.05) is 18.2 Å². The third kappa shape index (κ3) is 6.46. The number of allylic oxidation sites excluding steroid dienone is 1. The van der Waals surface area contributed by atoms with Crippen LogP contribution in [-0.2, 0) is 24.1 Å². The molecule has 1 aromatic heterocycles. The summed E-state index contributed by atoms with van der Waals surface area (Å²) in [6.07, 6.45) is -0.322. The van der Waals surface area contributed by atoms with Gasteiger partial charge in [0.15, 0.2) is 0 Å². The summed E-state index contributed by atoms with van der Waals surface area (Å²) in [7, 11) is 0. The van der Waals surface area contributed by atoms with E-state index in [4.69, 9.17) is 9.15 Å². The fourth-order valence-electron chi connectivity index (χ4n) is 3.34. The average Bonchev–Trinajstić information content (AvgIpc) is 2.77. The Kier molecular flexibility index (Phi) is 7.74. The number of benzene rings is 1. The maximum Gasteiger partial charge on any atom is 0.416 e. The number of hydrogen-bond acceptors (Lipinski definition) is 5. The summed E-state index contributed by atoms with van der Waals surface area (Å²) in [5, 5.41) is 0. The molecule has 1 saturated heterocycles. The van der Waals surface area contributed by atoms with Crippen molar-refractivity contribution < 1.29 is 27.1 Å². The molecule has 172 valence electrons. The quantitative estimate of drug-likeness (QED) is 0.572. The largest absolute Gasteiger partial charge is 0.482 e. The molecular weight excluding hydrogens is 425 g/mol. The smallest absolute Gasteiger partial charge is 0.416 e. The van der Waals surface area contributed by atoms with Crippen molar-refractivity contribution in [2.24, 2.45) is 0 Å². The molecule has 0 N–H and O–H groups in total. The lowest BCUT2D eigenvalue weighted by atomic mass is 10.1. The molecule has 0 spiro atoms. The number of halogens is 3. The van der Waals surface area contributed by atoms with Crippen molar-refractivity contribution in [1.82, 2.24) is 9.80 Å². The Morgan fingerprint density at radius 3 is 2.44 bits per heavy atom. The van der Waals surface area contributed by atoms with E-state index in [1.807, 2.05) is 4.90 Å². The molecule has 2 aromatic rings. The third-order valence-electron chi connectivity index (χ3n) is 5.19. The molecule has 0 unspecified atom stereocenters. The van der Waals surface area contributed by atoms with Crippen LogP contribution in [0.25, 0.3) is 0 Å². The van der Waals surface area contributed by atoms with Gasteiger partial charge in [0.2, 0.25) is 17.1 Å². The van der Waals surface area contributed by atoms with E-state index in [1.54, 1.807) is 6.08 Å². The van der Waals surface area contributed by atoms with Crippen LogP contribution in [0, 0.1) is 0 Å². The number of nitrogens with zero attached hydrogens (tertiary/aromatic N) is 2. The molecule has 0 aliphatic carbocycles. The Hall–Kier alpha value is -3.07. The second kappa shape index (κ2) is 10.5. The van der Waals surface area contributed by atoms with Gasteiger partial charge in [0, 0.05) is 38.7 Å². The SMILES string of the molecule is C=CCCC(=O)N1CCN(Cc2cc(=O)c(OCc3ccc(C(F)(F)F)cc3)co2)CC1. The van der Waals surface area contributed by atoms with Crippen LogP contribution in [0.15, 0.2) is 58.5 Å². The van der Waals surface area contributed by atoms with Gasteiger partial charge in [0.05, 0.1) is 12.1 Å². The number of alkyl halides is 3. The zero-order valence-corrected chi connectivity index (χ0v) is 17.6. The Balaban J connectivity index is 1.50. The van der Waals surface area contributed by atoms with Gasteiger partial charge in [-0.2, -0.15) is 13.2 Å². The monoisotopic (exact) mass is 450 g/mol. The van der Waals surface area contributed by atoms with E-state index in [0.29, 0.717) is 56.9 Å². The minimum atomic E-state index is -4.40. The molecular formula is C23H25F3N2O4. The molecule has 1 fully saturated rings. The van der Waals surface area contributed by atoms with Crippen molar-refractivity contribution in [3.8, 4) is 5.75 Å². The van der Waals surface area contributed by atoms with Gasteiger partial charge in [-0.25, -0.2) is 0 Å². The first kappa shape index (κ1) is 23.6. The number of carbonyl (C=O) groups excluding carboxylic acids is 1. The lowest BCUT2D eigenvalue weighted by molar-refractivity contribution is -0.137. The normalized spacial score (nSPS) is 14.9. The Morgan fingerprint density at radius 2 is 1.84 bits per heavy atom. The summed E-state index contributed by atoms with van der Waals surface area (Å²) < 4.78 is 48.8. The number of piperazine rings is 1. The Morgan fingerprint density at radius 1 is 1.16 bits per heavy atom. The second-order valence-corrected chi connectivity index (χ2v) is 7.54. The lowest BCUT2D eigenvalue weighted by Gasteiger charge is -2.34. The van der Waals surface area contributed by atoms with Gasteiger partial charge < -0.3 is 14.1 Å². The van der Waals surface area contributed by atoms with E-state index < -0.39 is 11.7 Å². The summed E-state index contributed by atoms with van der Waals surface area (Å²) in [6, 6.07) is 5.90. The molecule has 1 aliphatic rings. The van der Waals surface area contributed by atoms with Gasteiger partial charge in [0.1, 0.15) is 18.6 Å². The predicted octanol–water partition coefficient (Wildman–Crippen LogP) is 3.85. The van der Waals surface area contributed by atoms with Crippen LogP contribution in [0.2, 0.25) is 0 Å². The van der Waals surface area contributed by atoms with Crippen molar-refractivity contribution in [1.29, 1.82) is 0 Å². The molecule has 9 heteroatoms. The Bertz CT molecular complexity index is 978. The van der Waals surface area contributed by atoms with Crippen LogP contribution in [0.4, 0.5) is 13.2 Å². The van der Waals surface area contributed by atoms with E-state index in [1.165, 1.54) is 24.5 Å². The number of hydrogen-bond donors (Lipinski definition) is 0. The van der Waals surface area contributed by atoms with E-state index in [0.717, 1.165) is 12.1 Å². The fourth-order valence-corrected chi connectivity index (χ4v) is 3.34. The average molecular weight is 450 g/mol. The van der Waals surface area contributed by atoms with Crippen LogP contribution in [0.1, 0.15) is 29.7 Å². The van der Waals surface area contributed by atoms with Crippen molar-refractivity contribution in [3.63, 3.8) is 0 Å². The number of amides is 1. The molecule has 0 atom stereocenters. The molecule has 2 heterocycles. The first-order valence-corrected chi connectivity index (χ1v) is 10.3. The fraction of sp³-hybridized carbons (Fsp3) is 0.391. The standard InChI is InChI=1S/C23H25F3N2O4/c1-2-3-4-22(30)28-11-9-27(10-12-28)14-19-13-20(29)21(16-31-19)32-15-17-5-7-18(8-6-17)23(24,25)26/h2,5-8,13,16H,1,3-4,9-12,14-15H2. The topological polar surface area (TPSA) is 63.0 Å². The second-order valence-electron chi connectivity index (χ2n) is 7.54. The molecule has 0 bridgehead atoms. The summed E-state index contributed by atoms with van der Waals surface area (Å²) in [4.78, 5) is 28.3. The lowest BCUT2D eigenvalue weighted by Crippen LogP contribution is -2.48. The first-order chi connectivity index (χ1) is 15.3. The third-order valence-corrected chi connectivity index (χ3v) is 5.19. The summed E-state index contributed by atoms with van der Waals surface area (Å²) >= 11 is 0. The molecule has 0 radical (unpaired) electrons. The molecule has 32 heavy (non-hydrogen) atoms. The summed E-state index contributed by atoms with van der Waals surface area (Å²) in [5.41, 5.74) is -0.606.